The molecule has 0 aliphatic rings. The molecule has 20 heavy (non-hydrogen) atoms. The molecule has 0 aliphatic carbocycles. The van der Waals surface area contributed by atoms with Crippen molar-refractivity contribution in [1.82, 2.24) is 9.88 Å². The van der Waals surface area contributed by atoms with Crippen molar-refractivity contribution in [2.45, 2.75) is 20.8 Å². The van der Waals surface area contributed by atoms with Gasteiger partial charge in [0.1, 0.15) is 6.26 Å². The van der Waals surface area contributed by atoms with E-state index in [1.165, 1.54) is 6.26 Å². The van der Waals surface area contributed by atoms with E-state index in [9.17, 15) is 4.79 Å². The second-order valence-electron chi connectivity index (χ2n) is 5.38. The summed E-state index contributed by atoms with van der Waals surface area (Å²) < 4.78 is 10.3. The monoisotopic (exact) mass is 283 g/mol. The molecule has 6 nitrogen and oxygen atoms in total. The number of anilines is 1. The van der Waals surface area contributed by atoms with Crippen LogP contribution in [0.1, 0.15) is 31.3 Å². The molecule has 0 aliphatic heterocycles. The molecule has 0 aromatic carbocycles. The van der Waals surface area contributed by atoms with Gasteiger partial charge in [-0.25, -0.2) is 4.79 Å². The van der Waals surface area contributed by atoms with E-state index in [4.69, 9.17) is 9.15 Å². The fourth-order valence-electron chi connectivity index (χ4n) is 1.73. The summed E-state index contributed by atoms with van der Waals surface area (Å²) in [6, 6.07) is 0.476. The molecule has 1 aromatic heterocycles. The molecule has 0 N–H and O–H groups in total. The molecule has 1 rings (SSSR count). The number of esters is 1. The Kier molecular flexibility index (Phi) is 6.51. The molecule has 0 unspecified atom stereocenters. The van der Waals surface area contributed by atoms with Crippen LogP contribution in [0.2, 0.25) is 0 Å². The molecule has 0 bridgehead atoms. The van der Waals surface area contributed by atoms with Gasteiger partial charge in [0.2, 0.25) is 0 Å². The Hall–Kier alpha value is -1.56. The molecule has 6 heteroatoms. The second kappa shape index (κ2) is 7.89. The number of ether oxygens (including phenoxy) is 1. The average Bonchev–Trinajstić information content (AvgIpc) is 2.83. The summed E-state index contributed by atoms with van der Waals surface area (Å²) in [6.07, 6.45) is 1.36. The molecule has 0 radical (unpaired) electrons. The Balaban J connectivity index is 2.77. The molecule has 0 saturated carbocycles. The largest absolute Gasteiger partial charge is 0.461 e. The van der Waals surface area contributed by atoms with Crippen molar-refractivity contribution in [3.8, 4) is 0 Å². The molecule has 0 fully saturated rings. The van der Waals surface area contributed by atoms with E-state index >= 15 is 0 Å². The van der Waals surface area contributed by atoms with Crippen LogP contribution >= 0.6 is 0 Å². The number of rotatable bonds is 8. The quantitative estimate of drug-likeness (QED) is 0.679. The van der Waals surface area contributed by atoms with Gasteiger partial charge in [0.25, 0.3) is 6.01 Å². The van der Waals surface area contributed by atoms with Gasteiger partial charge >= 0.3 is 5.97 Å². The highest BCUT2D eigenvalue weighted by Gasteiger charge is 2.18. The Bertz CT molecular complexity index is 416. The van der Waals surface area contributed by atoms with Gasteiger partial charge in [0.05, 0.1) is 6.61 Å². The second-order valence-corrected chi connectivity index (χ2v) is 5.38. The normalized spacial score (nSPS) is 11.2. The Morgan fingerprint density at radius 1 is 1.40 bits per heavy atom. The molecule has 0 amide bonds. The number of carbonyl (C=O) groups excluding carboxylic acids is 1. The Labute approximate surface area is 120 Å². The summed E-state index contributed by atoms with van der Waals surface area (Å²) in [5, 5.41) is 0. The predicted molar refractivity (Wildman–Crippen MR) is 78.1 cm³/mol. The number of hydrogen-bond acceptors (Lipinski definition) is 6. The number of likely N-dealkylation sites (N-methyl/N-ethyl adjacent to an activating group) is 1. The lowest BCUT2D eigenvalue weighted by molar-refractivity contribution is 0.0519. The highest BCUT2D eigenvalue weighted by molar-refractivity contribution is 5.87. The van der Waals surface area contributed by atoms with Crippen molar-refractivity contribution in [2.24, 2.45) is 5.92 Å². The fourth-order valence-corrected chi connectivity index (χ4v) is 1.73. The minimum Gasteiger partial charge on any atom is -0.461 e. The minimum atomic E-state index is -0.445. The minimum absolute atomic E-state index is 0.223. The Morgan fingerprint density at radius 3 is 2.65 bits per heavy atom. The van der Waals surface area contributed by atoms with Gasteiger partial charge < -0.3 is 19.0 Å². The highest BCUT2D eigenvalue weighted by Crippen LogP contribution is 2.16. The summed E-state index contributed by atoms with van der Waals surface area (Å²) in [5.41, 5.74) is 0.223. The molecule has 0 saturated heterocycles. The van der Waals surface area contributed by atoms with Gasteiger partial charge in [-0.1, -0.05) is 13.8 Å². The zero-order valence-electron chi connectivity index (χ0n) is 13.0. The molecule has 1 aromatic rings. The van der Waals surface area contributed by atoms with Gasteiger partial charge in [0, 0.05) is 19.6 Å². The molecular weight excluding hydrogens is 258 g/mol. The lowest BCUT2D eigenvalue weighted by atomic mass is 10.2. The van der Waals surface area contributed by atoms with Gasteiger partial charge in [0.15, 0.2) is 5.69 Å². The van der Waals surface area contributed by atoms with Crippen molar-refractivity contribution in [3.63, 3.8) is 0 Å². The molecule has 114 valence electrons. The van der Waals surface area contributed by atoms with E-state index in [-0.39, 0.29) is 5.69 Å². The van der Waals surface area contributed by atoms with E-state index in [0.29, 0.717) is 18.5 Å². The van der Waals surface area contributed by atoms with E-state index in [1.807, 2.05) is 19.0 Å². The number of oxazole rings is 1. The van der Waals surface area contributed by atoms with Crippen molar-refractivity contribution >= 4 is 12.0 Å². The first-order valence-corrected chi connectivity index (χ1v) is 6.96. The van der Waals surface area contributed by atoms with E-state index in [1.54, 1.807) is 6.92 Å². The maximum atomic E-state index is 11.6. The van der Waals surface area contributed by atoms with Crippen LogP contribution in [0.5, 0.6) is 0 Å². The predicted octanol–water partition coefficient (Wildman–Crippen LogP) is 1.88. The summed E-state index contributed by atoms with van der Waals surface area (Å²) >= 11 is 0. The number of nitrogens with zero attached hydrogens (tertiary/aromatic N) is 3. The molecule has 1 heterocycles. The zero-order valence-corrected chi connectivity index (χ0v) is 13.0. The van der Waals surface area contributed by atoms with Crippen LogP contribution in [0.15, 0.2) is 10.7 Å². The molecular formula is C14H25N3O3. The summed E-state index contributed by atoms with van der Waals surface area (Å²) in [7, 11) is 4.04. The standard InChI is InChI=1S/C14H25N3O3/c1-6-19-13(18)12-10-20-14(15-12)17(9-11(2)3)8-7-16(4)5/h10-11H,6-9H2,1-5H3. The van der Waals surface area contributed by atoms with Crippen LogP contribution in [0.4, 0.5) is 6.01 Å². The number of carbonyl (C=O) groups is 1. The lowest BCUT2D eigenvalue weighted by Crippen LogP contribution is -2.34. The van der Waals surface area contributed by atoms with Crippen molar-refractivity contribution < 1.29 is 13.9 Å². The van der Waals surface area contributed by atoms with Gasteiger partial charge in [-0.15, -0.1) is 0 Å². The number of hydrogen-bond donors (Lipinski definition) is 0. The van der Waals surface area contributed by atoms with Crippen molar-refractivity contribution in [1.29, 1.82) is 0 Å². The van der Waals surface area contributed by atoms with Crippen LogP contribution in [0.3, 0.4) is 0 Å². The topological polar surface area (TPSA) is 58.8 Å². The highest BCUT2D eigenvalue weighted by atomic mass is 16.5. The van der Waals surface area contributed by atoms with E-state index in [0.717, 1.165) is 19.6 Å². The van der Waals surface area contributed by atoms with Gasteiger partial charge in [-0.05, 0) is 26.9 Å². The van der Waals surface area contributed by atoms with Crippen LogP contribution in [0.25, 0.3) is 0 Å². The smallest absolute Gasteiger partial charge is 0.360 e. The summed E-state index contributed by atoms with van der Waals surface area (Å²) in [4.78, 5) is 20.0. The van der Waals surface area contributed by atoms with Crippen LogP contribution in [-0.4, -0.2) is 56.2 Å². The first-order chi connectivity index (χ1) is 9.43. The summed E-state index contributed by atoms with van der Waals surface area (Å²) in [6.45, 7) is 8.89. The fraction of sp³-hybridized carbons (Fsp3) is 0.714. The van der Waals surface area contributed by atoms with Crippen LogP contribution in [-0.2, 0) is 4.74 Å². The van der Waals surface area contributed by atoms with Crippen LogP contribution < -0.4 is 4.90 Å². The summed E-state index contributed by atoms with van der Waals surface area (Å²) in [5.74, 6) is 0.0368. The average molecular weight is 283 g/mol. The third-order valence-electron chi connectivity index (χ3n) is 2.65. The first-order valence-electron chi connectivity index (χ1n) is 6.96. The first kappa shape index (κ1) is 16.5. The van der Waals surface area contributed by atoms with Gasteiger partial charge in [-0.3, -0.25) is 0 Å². The van der Waals surface area contributed by atoms with Crippen molar-refractivity contribution in [2.75, 3.05) is 45.2 Å². The number of aromatic nitrogens is 1. The maximum Gasteiger partial charge on any atom is 0.360 e. The van der Waals surface area contributed by atoms with E-state index < -0.39 is 5.97 Å². The van der Waals surface area contributed by atoms with Crippen molar-refractivity contribution in [3.05, 3.63) is 12.0 Å². The van der Waals surface area contributed by atoms with Crippen LogP contribution in [0, 0.1) is 5.92 Å². The molecule has 0 atom stereocenters. The lowest BCUT2D eigenvalue weighted by Gasteiger charge is -2.24. The van der Waals surface area contributed by atoms with E-state index in [2.05, 4.69) is 23.7 Å². The molecule has 0 spiro atoms. The maximum absolute atomic E-state index is 11.6. The van der Waals surface area contributed by atoms with Gasteiger partial charge in [-0.2, -0.15) is 4.98 Å². The Morgan fingerprint density at radius 2 is 2.10 bits per heavy atom. The zero-order chi connectivity index (χ0) is 15.1. The SMILES string of the molecule is CCOC(=O)c1coc(N(CCN(C)C)CC(C)C)n1. The third-order valence-corrected chi connectivity index (χ3v) is 2.65. The third kappa shape index (κ3) is 5.21.